The van der Waals surface area contributed by atoms with Crippen LogP contribution in [0.25, 0.3) is 0 Å². The van der Waals surface area contributed by atoms with Crippen LogP contribution in [-0.2, 0) is 42.9 Å². The zero-order valence-electron chi connectivity index (χ0n) is 47.5. The molecular weight excluding hydrogens is 949 g/mol. The molecule has 0 amide bonds. The maximum atomic E-state index is 13.1. The maximum Gasteiger partial charge on any atom is 0.335 e. The fourth-order valence-corrected chi connectivity index (χ4v) is 8.94. The van der Waals surface area contributed by atoms with Crippen molar-refractivity contribution in [2.45, 2.75) is 302 Å². The summed E-state index contributed by atoms with van der Waals surface area (Å²) < 4.78 is 28.4. The zero-order chi connectivity index (χ0) is 54.7. The number of aliphatic hydroxyl groups excluding tert-OH is 2. The first-order valence-electron chi connectivity index (χ1n) is 30.3. The average Bonchev–Trinajstić information content (AvgIpc) is 3.39. The predicted octanol–water partition coefficient (Wildman–Crippen LogP) is 15.6. The second-order valence-corrected chi connectivity index (χ2v) is 20.6. The number of esters is 3. The van der Waals surface area contributed by atoms with E-state index in [1.807, 2.05) is 0 Å². The number of carboxylic acid groups (broad SMARTS) is 1. The van der Waals surface area contributed by atoms with Crippen molar-refractivity contribution in [3.05, 3.63) is 60.8 Å². The molecule has 1 rings (SSSR count). The SMILES string of the molecule is CC/C=C\C/C=C\C/C=C\CCCCCCCC(=O)OCC(COC1OC(C(=O)O)C(O)C(O)C1OC(=O)CCCCCCCCCCC/C=C\C/C=C\CCCCC)OC(=O)CCCCCCCCCCCCC. The number of hydrogen-bond acceptors (Lipinski definition) is 11. The van der Waals surface area contributed by atoms with Gasteiger partial charge in [0.25, 0.3) is 0 Å². The lowest BCUT2D eigenvalue weighted by Gasteiger charge is -2.40. The topological polar surface area (TPSA) is 175 Å². The molecule has 0 radical (unpaired) electrons. The highest BCUT2D eigenvalue weighted by atomic mass is 16.7. The number of ether oxygens (including phenoxy) is 5. The molecule has 0 aliphatic carbocycles. The van der Waals surface area contributed by atoms with E-state index >= 15 is 0 Å². The van der Waals surface area contributed by atoms with Crippen molar-refractivity contribution in [3.63, 3.8) is 0 Å². The largest absolute Gasteiger partial charge is 0.479 e. The van der Waals surface area contributed by atoms with Crippen molar-refractivity contribution in [1.82, 2.24) is 0 Å². The van der Waals surface area contributed by atoms with Crippen LogP contribution in [0.2, 0.25) is 0 Å². The van der Waals surface area contributed by atoms with Gasteiger partial charge in [-0.25, -0.2) is 4.79 Å². The Balaban J connectivity index is 2.65. The summed E-state index contributed by atoms with van der Waals surface area (Å²) in [6.07, 6.45) is 50.4. The molecule has 6 atom stereocenters. The number of carbonyl (C=O) groups is 4. The van der Waals surface area contributed by atoms with E-state index in [0.717, 1.165) is 109 Å². The highest BCUT2D eigenvalue weighted by Gasteiger charge is 2.50. The van der Waals surface area contributed by atoms with Crippen molar-refractivity contribution in [1.29, 1.82) is 0 Å². The highest BCUT2D eigenvalue weighted by Crippen LogP contribution is 2.26. The number of carbonyl (C=O) groups excluding carboxylic acids is 3. The molecule has 1 heterocycles. The molecule has 432 valence electrons. The number of carboxylic acids is 1. The Labute approximate surface area is 456 Å². The van der Waals surface area contributed by atoms with Gasteiger partial charge in [-0.3, -0.25) is 14.4 Å². The molecule has 0 saturated carbocycles. The smallest absolute Gasteiger partial charge is 0.335 e. The number of unbranched alkanes of at least 4 members (excludes halogenated alkanes) is 27. The summed E-state index contributed by atoms with van der Waals surface area (Å²) in [5.41, 5.74) is 0. The van der Waals surface area contributed by atoms with Gasteiger partial charge in [-0.05, 0) is 83.5 Å². The lowest BCUT2D eigenvalue weighted by molar-refractivity contribution is -0.301. The van der Waals surface area contributed by atoms with Gasteiger partial charge in [0.05, 0.1) is 6.61 Å². The quantitative estimate of drug-likeness (QED) is 0.0228. The minimum Gasteiger partial charge on any atom is -0.479 e. The van der Waals surface area contributed by atoms with Gasteiger partial charge >= 0.3 is 23.9 Å². The summed E-state index contributed by atoms with van der Waals surface area (Å²) >= 11 is 0. The molecule has 3 N–H and O–H groups in total. The molecule has 75 heavy (non-hydrogen) atoms. The van der Waals surface area contributed by atoms with Crippen LogP contribution in [0.5, 0.6) is 0 Å². The predicted molar refractivity (Wildman–Crippen MR) is 303 cm³/mol. The second kappa shape index (κ2) is 51.2. The van der Waals surface area contributed by atoms with Crippen LogP contribution in [0.4, 0.5) is 0 Å². The van der Waals surface area contributed by atoms with E-state index in [1.54, 1.807) is 0 Å². The van der Waals surface area contributed by atoms with E-state index in [1.165, 1.54) is 96.3 Å². The summed E-state index contributed by atoms with van der Waals surface area (Å²) in [6, 6.07) is 0. The second-order valence-electron chi connectivity index (χ2n) is 20.6. The average molecular weight is 1060 g/mol. The third-order valence-corrected chi connectivity index (χ3v) is 13.6. The number of aliphatic hydroxyl groups is 2. The van der Waals surface area contributed by atoms with E-state index < -0.39 is 67.3 Å². The molecule has 1 saturated heterocycles. The molecule has 0 aromatic rings. The van der Waals surface area contributed by atoms with Crippen LogP contribution in [-0.4, -0.2) is 89.2 Å². The molecular formula is C63H108O12. The van der Waals surface area contributed by atoms with Gasteiger partial charge in [-0.15, -0.1) is 0 Å². The first-order chi connectivity index (χ1) is 36.6. The summed E-state index contributed by atoms with van der Waals surface area (Å²) in [4.78, 5) is 51.1. The van der Waals surface area contributed by atoms with Crippen LogP contribution in [0, 0.1) is 0 Å². The van der Waals surface area contributed by atoms with Crippen molar-refractivity contribution in [3.8, 4) is 0 Å². The number of allylic oxidation sites excluding steroid dienone is 10. The Morgan fingerprint density at radius 1 is 0.453 bits per heavy atom. The molecule has 0 aromatic carbocycles. The van der Waals surface area contributed by atoms with Gasteiger partial charge in [0, 0.05) is 19.3 Å². The van der Waals surface area contributed by atoms with Gasteiger partial charge in [0.15, 0.2) is 24.6 Å². The molecule has 12 heteroatoms. The molecule has 0 bridgehead atoms. The monoisotopic (exact) mass is 1060 g/mol. The van der Waals surface area contributed by atoms with Crippen LogP contribution in [0.15, 0.2) is 60.8 Å². The molecule has 6 unspecified atom stereocenters. The fourth-order valence-electron chi connectivity index (χ4n) is 8.94. The minimum atomic E-state index is -1.91. The molecule has 0 aromatic heterocycles. The van der Waals surface area contributed by atoms with Crippen molar-refractivity contribution >= 4 is 23.9 Å². The van der Waals surface area contributed by atoms with Crippen LogP contribution in [0.3, 0.4) is 0 Å². The molecule has 1 aliphatic heterocycles. The highest BCUT2D eigenvalue weighted by molar-refractivity contribution is 5.74. The van der Waals surface area contributed by atoms with Gasteiger partial charge in [-0.2, -0.15) is 0 Å². The normalized spacial score (nSPS) is 18.5. The zero-order valence-corrected chi connectivity index (χ0v) is 47.5. The number of hydrogen-bond donors (Lipinski definition) is 3. The van der Waals surface area contributed by atoms with Gasteiger partial charge in [0.1, 0.15) is 18.8 Å². The van der Waals surface area contributed by atoms with E-state index in [4.69, 9.17) is 23.7 Å². The van der Waals surface area contributed by atoms with Gasteiger partial charge in [0.2, 0.25) is 0 Å². The molecule has 1 aliphatic rings. The molecule has 0 spiro atoms. The Kier molecular flexibility index (Phi) is 47.4. The van der Waals surface area contributed by atoms with Crippen molar-refractivity contribution < 1.29 is 58.2 Å². The van der Waals surface area contributed by atoms with E-state index in [2.05, 4.69) is 81.5 Å². The van der Waals surface area contributed by atoms with Crippen molar-refractivity contribution in [2.24, 2.45) is 0 Å². The van der Waals surface area contributed by atoms with Crippen LogP contribution >= 0.6 is 0 Å². The third-order valence-electron chi connectivity index (χ3n) is 13.6. The Bertz CT molecular complexity index is 1540. The number of rotatable bonds is 51. The number of aliphatic carboxylic acids is 1. The summed E-state index contributed by atoms with van der Waals surface area (Å²) in [6.45, 7) is 5.84. The molecule has 1 fully saturated rings. The first kappa shape index (κ1) is 69.4. The Morgan fingerprint density at radius 2 is 0.840 bits per heavy atom. The summed E-state index contributed by atoms with van der Waals surface area (Å²) in [5, 5.41) is 31.5. The van der Waals surface area contributed by atoms with Crippen LogP contribution in [0.1, 0.15) is 265 Å². The Hall–Kier alpha value is -3.58. The van der Waals surface area contributed by atoms with Crippen molar-refractivity contribution in [2.75, 3.05) is 13.2 Å². The van der Waals surface area contributed by atoms with Gasteiger partial charge < -0.3 is 39.0 Å². The maximum absolute atomic E-state index is 13.1. The Morgan fingerprint density at radius 3 is 1.31 bits per heavy atom. The lowest BCUT2D eigenvalue weighted by atomic mass is 9.98. The fraction of sp³-hybridized carbons (Fsp3) is 0.778. The van der Waals surface area contributed by atoms with E-state index in [-0.39, 0.29) is 25.9 Å². The summed E-state index contributed by atoms with van der Waals surface area (Å²) in [5.74, 6) is -3.13. The lowest BCUT2D eigenvalue weighted by Crippen LogP contribution is -2.61. The summed E-state index contributed by atoms with van der Waals surface area (Å²) in [7, 11) is 0. The van der Waals surface area contributed by atoms with Gasteiger partial charge in [-0.1, -0.05) is 223 Å². The van der Waals surface area contributed by atoms with E-state index in [9.17, 15) is 34.5 Å². The first-order valence-corrected chi connectivity index (χ1v) is 30.3. The minimum absolute atomic E-state index is 0.0545. The van der Waals surface area contributed by atoms with E-state index in [0.29, 0.717) is 19.3 Å². The van der Waals surface area contributed by atoms with Crippen LogP contribution < -0.4 is 0 Å². The standard InChI is InChI=1S/C63H108O12/c1-4-7-10-13-16-19-22-24-26-27-28-29-31-33-36-39-42-45-48-51-57(66)74-61-59(68)58(67)60(62(69)70)75-63(61)72-53-54(73-56(65)50-47-44-41-38-34-21-18-15-12-9-6-3)52-71-55(64)49-46-43-40-37-35-32-30-25-23-20-17-14-11-8-5-2/h8,11,16-17,19-20,24-26,30,54,58-61,63,67-68H,4-7,9-10,12-15,18,21-23,27-29,31-53H2,1-3H3,(H,69,70)/b11-8-,19-16-,20-17-,26-24-,30-25-. The molecule has 12 nitrogen and oxygen atoms in total. The third kappa shape index (κ3) is 41.2.